The summed E-state index contributed by atoms with van der Waals surface area (Å²) < 4.78 is 2.15. The van der Waals surface area contributed by atoms with Crippen LogP contribution in [-0.2, 0) is 17.8 Å². The molecule has 6 heteroatoms. The maximum absolute atomic E-state index is 12.7. The highest BCUT2D eigenvalue weighted by atomic mass is 16.2. The van der Waals surface area contributed by atoms with Crippen molar-refractivity contribution in [3.63, 3.8) is 0 Å². The fourth-order valence-corrected chi connectivity index (χ4v) is 3.74. The first-order valence-corrected chi connectivity index (χ1v) is 8.76. The second-order valence-corrected chi connectivity index (χ2v) is 6.71. The number of nitrogens with zero attached hydrogens (tertiary/aromatic N) is 4. The molecular weight excluding hydrogens is 302 g/mol. The van der Waals surface area contributed by atoms with E-state index in [0.29, 0.717) is 0 Å². The van der Waals surface area contributed by atoms with Crippen LogP contribution in [0.25, 0.3) is 0 Å². The zero-order valence-electron chi connectivity index (χ0n) is 13.8. The van der Waals surface area contributed by atoms with Crippen molar-refractivity contribution >= 4 is 11.7 Å². The van der Waals surface area contributed by atoms with Gasteiger partial charge in [-0.25, -0.2) is 9.97 Å². The molecule has 2 aromatic heterocycles. The molecule has 24 heavy (non-hydrogen) atoms. The molecule has 1 saturated heterocycles. The van der Waals surface area contributed by atoms with E-state index >= 15 is 0 Å². The van der Waals surface area contributed by atoms with E-state index in [1.807, 2.05) is 36.8 Å². The Bertz CT molecular complexity index is 698. The highest BCUT2D eigenvalue weighted by Gasteiger charge is 2.29. The number of hydrogen-bond acceptors (Lipinski definition) is 4. The van der Waals surface area contributed by atoms with Crippen molar-refractivity contribution in [1.29, 1.82) is 0 Å². The lowest BCUT2D eigenvalue weighted by Crippen LogP contribution is -2.48. The van der Waals surface area contributed by atoms with Gasteiger partial charge in [0.1, 0.15) is 11.6 Å². The van der Waals surface area contributed by atoms with Crippen molar-refractivity contribution in [3.8, 4) is 0 Å². The Morgan fingerprint density at radius 1 is 1.17 bits per heavy atom. The van der Waals surface area contributed by atoms with E-state index in [0.717, 1.165) is 57.0 Å². The molecule has 0 aliphatic carbocycles. The van der Waals surface area contributed by atoms with Gasteiger partial charge in [-0.15, -0.1) is 0 Å². The number of anilines is 1. The zero-order valence-corrected chi connectivity index (χ0v) is 13.8. The van der Waals surface area contributed by atoms with Gasteiger partial charge in [-0.3, -0.25) is 4.79 Å². The van der Waals surface area contributed by atoms with Gasteiger partial charge in [0.2, 0.25) is 5.91 Å². The lowest BCUT2D eigenvalue weighted by Gasteiger charge is -2.34. The van der Waals surface area contributed by atoms with Crippen LogP contribution in [-0.4, -0.2) is 39.6 Å². The van der Waals surface area contributed by atoms with Crippen LogP contribution in [0.2, 0.25) is 0 Å². The second kappa shape index (κ2) is 6.63. The summed E-state index contributed by atoms with van der Waals surface area (Å²) >= 11 is 0. The van der Waals surface area contributed by atoms with Crippen LogP contribution in [0.3, 0.4) is 0 Å². The molecule has 0 bridgehead atoms. The predicted molar refractivity (Wildman–Crippen MR) is 91.7 cm³/mol. The number of aryl methyl sites for hydroxylation is 1. The van der Waals surface area contributed by atoms with Crippen molar-refractivity contribution in [2.45, 2.75) is 38.3 Å². The van der Waals surface area contributed by atoms with Crippen LogP contribution >= 0.6 is 0 Å². The largest absolute Gasteiger partial charge is 0.356 e. The summed E-state index contributed by atoms with van der Waals surface area (Å²) in [6.07, 6.45) is 9.54. The molecule has 2 unspecified atom stereocenters. The van der Waals surface area contributed by atoms with E-state index in [2.05, 4.69) is 24.8 Å². The van der Waals surface area contributed by atoms with Gasteiger partial charge < -0.3 is 14.8 Å². The minimum absolute atomic E-state index is 0.0462. The van der Waals surface area contributed by atoms with Gasteiger partial charge in [0, 0.05) is 50.7 Å². The Hall–Kier alpha value is -2.37. The Morgan fingerprint density at radius 3 is 3.00 bits per heavy atom. The maximum Gasteiger partial charge on any atom is 0.225 e. The molecule has 2 aliphatic rings. The van der Waals surface area contributed by atoms with Gasteiger partial charge in [0.15, 0.2) is 0 Å². The smallest absolute Gasteiger partial charge is 0.225 e. The summed E-state index contributed by atoms with van der Waals surface area (Å²) in [5.74, 6) is 2.32. The summed E-state index contributed by atoms with van der Waals surface area (Å²) in [7, 11) is 0. The molecule has 1 N–H and O–H groups in total. The molecule has 4 heterocycles. The zero-order chi connectivity index (χ0) is 16.4. The van der Waals surface area contributed by atoms with Gasteiger partial charge in [-0.2, -0.15) is 0 Å². The maximum atomic E-state index is 12.7. The minimum atomic E-state index is 0.0462. The summed E-state index contributed by atoms with van der Waals surface area (Å²) in [5, 5.41) is 3.26. The van der Waals surface area contributed by atoms with E-state index < -0.39 is 0 Å². The van der Waals surface area contributed by atoms with Crippen LogP contribution < -0.4 is 10.2 Å². The van der Waals surface area contributed by atoms with Crippen molar-refractivity contribution in [2.24, 2.45) is 5.92 Å². The van der Waals surface area contributed by atoms with Crippen molar-refractivity contribution in [1.82, 2.24) is 19.9 Å². The summed E-state index contributed by atoms with van der Waals surface area (Å²) in [4.78, 5) is 23.7. The molecule has 126 valence electrons. The summed E-state index contributed by atoms with van der Waals surface area (Å²) in [6.45, 7) is 2.56. The molecule has 1 fully saturated rings. The Labute approximate surface area is 141 Å². The van der Waals surface area contributed by atoms with Crippen LogP contribution in [0, 0.1) is 5.92 Å². The van der Waals surface area contributed by atoms with Crippen molar-refractivity contribution in [3.05, 3.63) is 42.6 Å². The van der Waals surface area contributed by atoms with E-state index in [4.69, 9.17) is 0 Å². The third-order valence-corrected chi connectivity index (χ3v) is 5.05. The minimum Gasteiger partial charge on any atom is -0.356 e. The highest BCUT2D eigenvalue weighted by Crippen LogP contribution is 2.22. The SMILES string of the molecule is O=C(NC1CCc2nccn2C1)C1CCCN(c2ccccn2)C1. The van der Waals surface area contributed by atoms with E-state index in [-0.39, 0.29) is 17.9 Å². The number of aromatic nitrogens is 3. The number of piperidine rings is 1. The first-order valence-electron chi connectivity index (χ1n) is 8.76. The van der Waals surface area contributed by atoms with Crippen molar-refractivity contribution in [2.75, 3.05) is 18.0 Å². The molecule has 0 aromatic carbocycles. The van der Waals surface area contributed by atoms with Gasteiger partial charge in [-0.05, 0) is 31.4 Å². The average Bonchev–Trinajstić information content (AvgIpc) is 3.10. The fraction of sp³-hybridized carbons (Fsp3) is 0.500. The lowest BCUT2D eigenvalue weighted by atomic mass is 9.96. The number of fused-ring (bicyclic) bond motifs is 1. The van der Waals surface area contributed by atoms with Gasteiger partial charge >= 0.3 is 0 Å². The van der Waals surface area contributed by atoms with E-state index in [1.54, 1.807) is 0 Å². The third-order valence-electron chi connectivity index (χ3n) is 5.05. The Morgan fingerprint density at radius 2 is 2.12 bits per heavy atom. The molecule has 0 radical (unpaired) electrons. The summed E-state index contributed by atoms with van der Waals surface area (Å²) in [5.41, 5.74) is 0. The number of pyridine rings is 1. The fourth-order valence-electron chi connectivity index (χ4n) is 3.74. The molecule has 1 amide bonds. The average molecular weight is 325 g/mol. The first kappa shape index (κ1) is 15.2. The van der Waals surface area contributed by atoms with Crippen LogP contribution in [0.1, 0.15) is 25.1 Å². The molecule has 2 aliphatic heterocycles. The molecular formula is C18H23N5O. The first-order chi connectivity index (χ1) is 11.8. The lowest BCUT2D eigenvalue weighted by molar-refractivity contribution is -0.126. The normalized spacial score (nSPS) is 23.6. The number of carbonyl (C=O) groups excluding carboxylic acids is 1. The topological polar surface area (TPSA) is 63.1 Å². The number of carbonyl (C=O) groups is 1. The van der Waals surface area contributed by atoms with E-state index in [9.17, 15) is 4.79 Å². The van der Waals surface area contributed by atoms with Gasteiger partial charge in [0.25, 0.3) is 0 Å². The Kier molecular flexibility index (Phi) is 4.19. The number of nitrogens with one attached hydrogen (secondary N) is 1. The Balaban J connectivity index is 1.36. The van der Waals surface area contributed by atoms with E-state index in [1.165, 1.54) is 0 Å². The molecule has 2 atom stereocenters. The molecule has 4 rings (SSSR count). The predicted octanol–water partition coefficient (Wildman–Crippen LogP) is 1.63. The standard InChI is InChI=1S/C18H23N5O/c24-18(21-15-6-7-17-20-9-11-23(17)13-15)14-4-3-10-22(12-14)16-5-1-2-8-19-16/h1-2,5,8-9,11,14-15H,3-4,6-7,10,12-13H2,(H,21,24). The molecule has 6 nitrogen and oxygen atoms in total. The van der Waals surface area contributed by atoms with Crippen LogP contribution in [0.5, 0.6) is 0 Å². The van der Waals surface area contributed by atoms with Crippen molar-refractivity contribution < 1.29 is 4.79 Å². The van der Waals surface area contributed by atoms with Gasteiger partial charge in [0.05, 0.1) is 5.92 Å². The number of amides is 1. The third kappa shape index (κ3) is 3.13. The number of hydrogen-bond donors (Lipinski definition) is 1. The molecule has 0 spiro atoms. The molecule has 2 aromatic rings. The summed E-state index contributed by atoms with van der Waals surface area (Å²) in [6, 6.07) is 6.15. The number of imidazole rings is 1. The number of rotatable bonds is 3. The highest BCUT2D eigenvalue weighted by molar-refractivity contribution is 5.79. The second-order valence-electron chi connectivity index (χ2n) is 6.71. The van der Waals surface area contributed by atoms with Gasteiger partial charge in [-0.1, -0.05) is 6.07 Å². The van der Waals surface area contributed by atoms with Crippen LogP contribution in [0.15, 0.2) is 36.8 Å². The quantitative estimate of drug-likeness (QED) is 0.931. The monoisotopic (exact) mass is 325 g/mol. The molecule has 0 saturated carbocycles. The van der Waals surface area contributed by atoms with Crippen LogP contribution in [0.4, 0.5) is 5.82 Å².